The van der Waals surface area contributed by atoms with E-state index in [0.717, 1.165) is 40.6 Å². The Labute approximate surface area is 193 Å². The van der Waals surface area contributed by atoms with Crippen LogP contribution in [0, 0.1) is 23.0 Å². The van der Waals surface area contributed by atoms with Crippen LogP contribution < -0.4 is 10.9 Å². The predicted octanol–water partition coefficient (Wildman–Crippen LogP) is 4.55. The summed E-state index contributed by atoms with van der Waals surface area (Å²) in [5.41, 5.74) is 2.17. The number of nitrogens with one attached hydrogen (secondary N) is 1. The number of aromatic nitrogens is 2. The third-order valence-electron chi connectivity index (χ3n) is 5.73. The third-order valence-corrected chi connectivity index (χ3v) is 7.86. The molecule has 4 rings (SSSR count). The van der Waals surface area contributed by atoms with Gasteiger partial charge in [-0.1, -0.05) is 24.8 Å². The summed E-state index contributed by atoms with van der Waals surface area (Å²) in [4.78, 5) is 43.0. The van der Waals surface area contributed by atoms with Gasteiger partial charge in [-0.2, -0.15) is 0 Å². The van der Waals surface area contributed by atoms with Gasteiger partial charge in [0.15, 0.2) is 5.16 Å². The lowest BCUT2D eigenvalue weighted by Gasteiger charge is -2.17. The van der Waals surface area contributed by atoms with Gasteiger partial charge < -0.3 is 5.32 Å². The van der Waals surface area contributed by atoms with Crippen LogP contribution in [-0.2, 0) is 24.2 Å². The van der Waals surface area contributed by atoms with Crippen LogP contribution in [-0.4, -0.2) is 26.1 Å². The topological polar surface area (TPSA) is 107 Å². The second-order valence-corrected chi connectivity index (χ2v) is 10.1. The van der Waals surface area contributed by atoms with E-state index in [-0.39, 0.29) is 22.9 Å². The minimum atomic E-state index is -0.496. The zero-order chi connectivity index (χ0) is 23.0. The highest BCUT2D eigenvalue weighted by Gasteiger charge is 2.24. The van der Waals surface area contributed by atoms with Crippen molar-refractivity contribution in [3.05, 3.63) is 54.7 Å². The molecular formula is C22H24N4O4S2. The predicted molar refractivity (Wildman–Crippen MR) is 128 cm³/mol. The molecule has 2 aromatic heterocycles. The number of thioether (sulfide) groups is 1. The number of hydrogen-bond donors (Lipinski definition) is 1. The maximum absolute atomic E-state index is 13.2. The molecule has 0 saturated heterocycles. The van der Waals surface area contributed by atoms with Crippen LogP contribution in [0.3, 0.4) is 0 Å². The van der Waals surface area contributed by atoms with Gasteiger partial charge in [-0.25, -0.2) is 4.98 Å². The number of anilines is 1. The summed E-state index contributed by atoms with van der Waals surface area (Å²) in [6.07, 6.45) is 2.97. The number of non-ortho nitro benzene ring substituents is 1. The second kappa shape index (κ2) is 9.03. The van der Waals surface area contributed by atoms with E-state index in [1.54, 1.807) is 28.9 Å². The van der Waals surface area contributed by atoms with E-state index in [1.165, 1.54) is 28.8 Å². The molecule has 32 heavy (non-hydrogen) atoms. The fraction of sp³-hybridized carbons (Fsp3) is 0.409. The molecule has 3 aromatic rings. The van der Waals surface area contributed by atoms with Crippen LogP contribution in [0.25, 0.3) is 10.2 Å². The van der Waals surface area contributed by atoms with Gasteiger partial charge in [0.05, 0.1) is 21.7 Å². The molecule has 8 nitrogen and oxygen atoms in total. The Bertz CT molecular complexity index is 1280. The highest BCUT2D eigenvalue weighted by Crippen LogP contribution is 2.36. The number of nitro groups is 1. The Hall–Kier alpha value is -2.72. The first-order valence-electron chi connectivity index (χ1n) is 10.5. The molecular weight excluding hydrogens is 448 g/mol. The summed E-state index contributed by atoms with van der Waals surface area (Å²) in [5.74, 6) is 0.344. The molecule has 1 aliphatic carbocycles. The summed E-state index contributed by atoms with van der Waals surface area (Å²) in [6.45, 7) is 6.37. The molecule has 1 N–H and O–H groups in total. The number of nitro benzene ring substituents is 1. The number of rotatable bonds is 6. The van der Waals surface area contributed by atoms with E-state index in [1.807, 2.05) is 6.92 Å². The van der Waals surface area contributed by atoms with Crippen LogP contribution in [0.2, 0.25) is 0 Å². The highest BCUT2D eigenvalue weighted by atomic mass is 32.2. The lowest BCUT2D eigenvalue weighted by atomic mass is 9.89. The van der Waals surface area contributed by atoms with E-state index >= 15 is 0 Å². The Morgan fingerprint density at radius 3 is 2.94 bits per heavy atom. The number of nitrogens with zero attached hydrogens (tertiary/aromatic N) is 3. The Morgan fingerprint density at radius 1 is 1.44 bits per heavy atom. The zero-order valence-electron chi connectivity index (χ0n) is 18.1. The van der Waals surface area contributed by atoms with Crippen LogP contribution in [0.5, 0.6) is 0 Å². The van der Waals surface area contributed by atoms with Gasteiger partial charge in [-0.15, -0.1) is 11.3 Å². The fourth-order valence-electron chi connectivity index (χ4n) is 3.97. The largest absolute Gasteiger partial charge is 0.325 e. The van der Waals surface area contributed by atoms with Crippen molar-refractivity contribution in [2.45, 2.75) is 51.7 Å². The maximum atomic E-state index is 13.2. The van der Waals surface area contributed by atoms with Crippen molar-refractivity contribution in [3.8, 4) is 0 Å². The number of carbonyl (C=O) groups is 1. The normalized spacial score (nSPS) is 15.5. The highest BCUT2D eigenvalue weighted by molar-refractivity contribution is 7.99. The van der Waals surface area contributed by atoms with E-state index in [9.17, 15) is 19.7 Å². The van der Waals surface area contributed by atoms with Gasteiger partial charge in [0, 0.05) is 23.6 Å². The molecule has 2 heterocycles. The standard InChI is InChI=1S/C22H24N4O4S2/c1-4-25-21(28)19-15-8-5-12(2)9-17(15)32-20(19)24-22(25)31-11-18(27)23-16-10-14(26(29)30)7-6-13(16)3/h6-7,10,12H,4-5,8-9,11H2,1-3H3,(H,23,27). The number of aryl methyl sites for hydroxylation is 2. The Balaban J connectivity index is 1.57. The Kier molecular flexibility index (Phi) is 6.34. The molecule has 1 unspecified atom stereocenters. The summed E-state index contributed by atoms with van der Waals surface area (Å²) in [7, 11) is 0. The van der Waals surface area contributed by atoms with Crippen molar-refractivity contribution in [2.24, 2.45) is 5.92 Å². The molecule has 0 aliphatic heterocycles. The van der Waals surface area contributed by atoms with Crippen LogP contribution in [0.1, 0.15) is 36.3 Å². The Morgan fingerprint density at radius 2 is 2.22 bits per heavy atom. The van der Waals surface area contributed by atoms with Gasteiger partial charge in [-0.3, -0.25) is 24.3 Å². The number of benzene rings is 1. The molecule has 0 bridgehead atoms. The first-order chi connectivity index (χ1) is 15.3. The average molecular weight is 473 g/mol. The molecule has 0 saturated carbocycles. The number of carbonyl (C=O) groups excluding carboxylic acids is 1. The van der Waals surface area contributed by atoms with Crippen molar-refractivity contribution in [3.63, 3.8) is 0 Å². The molecule has 0 spiro atoms. The smallest absolute Gasteiger partial charge is 0.271 e. The van der Waals surface area contributed by atoms with Crippen molar-refractivity contribution < 1.29 is 9.72 Å². The third kappa shape index (κ3) is 4.29. The molecule has 10 heteroatoms. The second-order valence-electron chi connectivity index (χ2n) is 8.07. The maximum Gasteiger partial charge on any atom is 0.271 e. The van der Waals surface area contributed by atoms with Crippen LogP contribution in [0.15, 0.2) is 28.2 Å². The lowest BCUT2D eigenvalue weighted by Crippen LogP contribution is -2.24. The van der Waals surface area contributed by atoms with E-state index in [0.29, 0.717) is 23.3 Å². The van der Waals surface area contributed by atoms with Crippen molar-refractivity contribution in [1.82, 2.24) is 9.55 Å². The monoisotopic (exact) mass is 472 g/mol. The van der Waals surface area contributed by atoms with Crippen LogP contribution >= 0.6 is 23.1 Å². The number of hydrogen-bond acceptors (Lipinski definition) is 7. The number of amides is 1. The summed E-state index contributed by atoms with van der Waals surface area (Å²) >= 11 is 2.80. The minimum Gasteiger partial charge on any atom is -0.325 e. The van der Waals surface area contributed by atoms with Crippen molar-refractivity contribution in [2.75, 3.05) is 11.1 Å². The number of thiophene rings is 1. The fourth-order valence-corrected chi connectivity index (χ4v) is 6.26. The lowest BCUT2D eigenvalue weighted by molar-refractivity contribution is -0.384. The van der Waals surface area contributed by atoms with E-state index in [4.69, 9.17) is 4.98 Å². The molecule has 1 aromatic carbocycles. The minimum absolute atomic E-state index is 0.0398. The first-order valence-corrected chi connectivity index (χ1v) is 12.3. The van der Waals surface area contributed by atoms with Gasteiger partial charge in [-0.05, 0) is 50.2 Å². The number of fused-ring (bicyclic) bond motifs is 3. The molecule has 1 atom stereocenters. The molecule has 1 amide bonds. The van der Waals surface area contributed by atoms with E-state index in [2.05, 4.69) is 12.2 Å². The zero-order valence-corrected chi connectivity index (χ0v) is 19.8. The molecule has 1 aliphatic rings. The average Bonchev–Trinajstić information content (AvgIpc) is 3.11. The summed E-state index contributed by atoms with van der Waals surface area (Å²) in [5, 5.41) is 15.0. The van der Waals surface area contributed by atoms with Crippen molar-refractivity contribution in [1.29, 1.82) is 0 Å². The summed E-state index contributed by atoms with van der Waals surface area (Å²) in [6, 6.07) is 4.35. The SMILES string of the molecule is CCn1c(SCC(=O)Nc2cc([N+](=O)[O-])ccc2C)nc2sc3c(c2c1=O)CCC(C)C3. The van der Waals surface area contributed by atoms with E-state index < -0.39 is 4.92 Å². The molecule has 168 valence electrons. The first kappa shape index (κ1) is 22.5. The summed E-state index contributed by atoms with van der Waals surface area (Å²) < 4.78 is 1.63. The van der Waals surface area contributed by atoms with Gasteiger partial charge in [0.1, 0.15) is 4.83 Å². The quantitative estimate of drug-likeness (QED) is 0.244. The van der Waals surface area contributed by atoms with Crippen molar-refractivity contribution >= 4 is 50.6 Å². The molecule has 0 fully saturated rings. The van der Waals surface area contributed by atoms with Crippen LogP contribution in [0.4, 0.5) is 11.4 Å². The van der Waals surface area contributed by atoms with Gasteiger partial charge in [0.25, 0.3) is 11.2 Å². The van der Waals surface area contributed by atoms with Gasteiger partial charge in [0.2, 0.25) is 5.91 Å². The molecule has 0 radical (unpaired) electrons. The van der Waals surface area contributed by atoms with Gasteiger partial charge >= 0.3 is 0 Å².